The first-order valence-electron chi connectivity index (χ1n) is 6.53. The average molecular weight is 251 g/mol. The first-order valence-corrected chi connectivity index (χ1v) is 6.53. The first kappa shape index (κ1) is 15.0. The molecule has 102 valence electrons. The Morgan fingerprint density at radius 2 is 1.83 bits per heavy atom. The minimum Gasteiger partial charge on any atom is -0.497 e. The molecule has 0 bridgehead atoms. The number of aliphatic hydroxyl groups excluding tert-OH is 1. The number of methoxy groups -OCH3 is 1. The lowest BCUT2D eigenvalue weighted by atomic mass is 10.1. The molecule has 1 aromatic carbocycles. The molecule has 18 heavy (non-hydrogen) atoms. The Hall–Kier alpha value is -1.06. The van der Waals surface area contributed by atoms with Gasteiger partial charge in [-0.3, -0.25) is 0 Å². The summed E-state index contributed by atoms with van der Waals surface area (Å²) in [5.74, 6) is 1.52. The van der Waals surface area contributed by atoms with Crippen LogP contribution in [-0.4, -0.2) is 37.3 Å². The van der Waals surface area contributed by atoms with Crippen LogP contribution in [0.2, 0.25) is 0 Å². The van der Waals surface area contributed by atoms with E-state index in [1.54, 1.807) is 7.11 Å². The van der Waals surface area contributed by atoms with Crippen molar-refractivity contribution in [3.05, 3.63) is 29.8 Å². The second kappa shape index (κ2) is 7.39. The fourth-order valence-corrected chi connectivity index (χ4v) is 1.80. The van der Waals surface area contributed by atoms with Gasteiger partial charge in [0, 0.05) is 6.54 Å². The molecular weight excluding hydrogens is 226 g/mol. The highest BCUT2D eigenvalue weighted by atomic mass is 16.5. The third kappa shape index (κ3) is 5.07. The molecule has 0 aliphatic rings. The van der Waals surface area contributed by atoms with Crippen LogP contribution >= 0.6 is 0 Å². The van der Waals surface area contributed by atoms with Gasteiger partial charge in [0.25, 0.3) is 0 Å². The first-order chi connectivity index (χ1) is 8.52. The van der Waals surface area contributed by atoms with Gasteiger partial charge in [-0.1, -0.05) is 26.0 Å². The number of hydrogen-bond acceptors (Lipinski definition) is 3. The molecule has 0 fully saturated rings. The number of nitrogens with zero attached hydrogens (tertiary/aromatic N) is 1. The zero-order chi connectivity index (χ0) is 13.5. The van der Waals surface area contributed by atoms with E-state index in [2.05, 4.69) is 25.8 Å². The lowest BCUT2D eigenvalue weighted by Gasteiger charge is -2.21. The van der Waals surface area contributed by atoms with Gasteiger partial charge >= 0.3 is 0 Å². The standard InChI is InChI=1S/C15H25NO2/c1-12(2)9-10-16(3)11-15(17)13-5-7-14(18-4)8-6-13/h5-8,12,15,17H,9-11H2,1-4H3. The monoisotopic (exact) mass is 251 g/mol. The van der Waals surface area contributed by atoms with Crippen molar-refractivity contribution in [1.82, 2.24) is 4.90 Å². The van der Waals surface area contributed by atoms with Crippen LogP contribution in [0, 0.1) is 5.92 Å². The molecule has 0 radical (unpaired) electrons. The van der Waals surface area contributed by atoms with E-state index in [1.807, 2.05) is 24.3 Å². The molecule has 1 aromatic rings. The largest absolute Gasteiger partial charge is 0.497 e. The van der Waals surface area contributed by atoms with E-state index < -0.39 is 6.10 Å². The normalized spacial score (nSPS) is 13.1. The molecule has 1 N–H and O–H groups in total. The van der Waals surface area contributed by atoms with E-state index in [4.69, 9.17) is 4.74 Å². The average Bonchev–Trinajstić information content (AvgIpc) is 2.36. The molecule has 3 nitrogen and oxygen atoms in total. The van der Waals surface area contributed by atoms with E-state index in [9.17, 15) is 5.11 Å². The maximum atomic E-state index is 10.1. The Morgan fingerprint density at radius 1 is 1.22 bits per heavy atom. The van der Waals surface area contributed by atoms with Gasteiger partial charge in [-0.05, 0) is 43.6 Å². The zero-order valence-electron chi connectivity index (χ0n) is 11.9. The van der Waals surface area contributed by atoms with Crippen LogP contribution in [0.15, 0.2) is 24.3 Å². The van der Waals surface area contributed by atoms with Crippen LogP contribution in [0.5, 0.6) is 5.75 Å². The molecule has 0 heterocycles. The van der Waals surface area contributed by atoms with Crippen molar-refractivity contribution in [3.8, 4) is 5.75 Å². The molecule has 1 rings (SSSR count). The van der Waals surface area contributed by atoms with E-state index in [-0.39, 0.29) is 0 Å². The van der Waals surface area contributed by atoms with Gasteiger partial charge in [0.1, 0.15) is 5.75 Å². The molecule has 0 amide bonds. The van der Waals surface area contributed by atoms with Crippen molar-refractivity contribution in [3.63, 3.8) is 0 Å². The molecule has 3 heteroatoms. The van der Waals surface area contributed by atoms with Crippen LogP contribution in [0.25, 0.3) is 0 Å². The van der Waals surface area contributed by atoms with Gasteiger partial charge in [-0.2, -0.15) is 0 Å². The topological polar surface area (TPSA) is 32.7 Å². The summed E-state index contributed by atoms with van der Waals surface area (Å²) in [6.07, 6.45) is 0.722. The van der Waals surface area contributed by atoms with Gasteiger partial charge in [0.05, 0.1) is 13.2 Å². The predicted octanol–water partition coefficient (Wildman–Crippen LogP) is 2.71. The Labute approximate surface area is 110 Å². The zero-order valence-corrected chi connectivity index (χ0v) is 11.9. The summed E-state index contributed by atoms with van der Waals surface area (Å²) in [6, 6.07) is 7.60. The molecule has 0 aliphatic carbocycles. The molecule has 1 atom stereocenters. The summed E-state index contributed by atoms with van der Waals surface area (Å²) in [7, 11) is 3.69. The van der Waals surface area contributed by atoms with Crippen LogP contribution in [0.1, 0.15) is 31.9 Å². The van der Waals surface area contributed by atoms with Gasteiger partial charge in [-0.25, -0.2) is 0 Å². The van der Waals surface area contributed by atoms with Crippen LogP contribution in [0.4, 0.5) is 0 Å². The van der Waals surface area contributed by atoms with E-state index >= 15 is 0 Å². The molecule has 0 saturated heterocycles. The minimum atomic E-state index is -0.437. The summed E-state index contributed by atoms with van der Waals surface area (Å²) in [5.41, 5.74) is 0.937. The van der Waals surface area contributed by atoms with E-state index in [0.717, 1.165) is 24.3 Å². The molecule has 0 aliphatic heterocycles. The third-order valence-electron chi connectivity index (χ3n) is 3.07. The summed E-state index contributed by atoms with van der Waals surface area (Å²) in [4.78, 5) is 2.18. The van der Waals surface area contributed by atoms with Crippen molar-refractivity contribution in [2.75, 3.05) is 27.2 Å². The number of hydrogen-bond donors (Lipinski definition) is 1. The SMILES string of the molecule is COc1ccc(C(O)CN(C)CCC(C)C)cc1. The fourth-order valence-electron chi connectivity index (χ4n) is 1.80. The Kier molecular flexibility index (Phi) is 6.16. The maximum absolute atomic E-state index is 10.1. The highest BCUT2D eigenvalue weighted by molar-refractivity contribution is 5.28. The Balaban J connectivity index is 2.45. The van der Waals surface area contributed by atoms with E-state index in [1.165, 1.54) is 0 Å². The highest BCUT2D eigenvalue weighted by Gasteiger charge is 2.11. The minimum absolute atomic E-state index is 0.437. The van der Waals surface area contributed by atoms with Crippen molar-refractivity contribution < 1.29 is 9.84 Å². The molecule has 0 aromatic heterocycles. The summed E-state index contributed by atoms with van der Waals surface area (Å²) < 4.78 is 5.10. The quantitative estimate of drug-likeness (QED) is 0.808. The number of benzene rings is 1. The third-order valence-corrected chi connectivity index (χ3v) is 3.07. The lowest BCUT2D eigenvalue weighted by Crippen LogP contribution is -2.26. The van der Waals surface area contributed by atoms with Crippen molar-refractivity contribution in [2.45, 2.75) is 26.4 Å². The fraction of sp³-hybridized carbons (Fsp3) is 0.600. The maximum Gasteiger partial charge on any atom is 0.118 e. The Morgan fingerprint density at radius 3 is 2.33 bits per heavy atom. The Bertz CT molecular complexity index is 335. The predicted molar refractivity (Wildman–Crippen MR) is 74.9 cm³/mol. The molecule has 0 saturated carbocycles. The van der Waals surface area contributed by atoms with Crippen molar-refractivity contribution in [2.24, 2.45) is 5.92 Å². The lowest BCUT2D eigenvalue weighted by molar-refractivity contribution is 0.124. The number of aliphatic hydroxyl groups is 1. The molecule has 0 spiro atoms. The summed E-state index contributed by atoms with van der Waals surface area (Å²) >= 11 is 0. The van der Waals surface area contributed by atoms with Crippen LogP contribution in [-0.2, 0) is 0 Å². The van der Waals surface area contributed by atoms with Gasteiger partial charge in [0.2, 0.25) is 0 Å². The van der Waals surface area contributed by atoms with Crippen LogP contribution < -0.4 is 4.74 Å². The van der Waals surface area contributed by atoms with Crippen molar-refractivity contribution in [1.29, 1.82) is 0 Å². The molecular formula is C15H25NO2. The van der Waals surface area contributed by atoms with Gasteiger partial charge in [0.15, 0.2) is 0 Å². The van der Waals surface area contributed by atoms with Gasteiger partial charge < -0.3 is 14.7 Å². The second-order valence-electron chi connectivity index (χ2n) is 5.23. The number of ether oxygens (including phenoxy) is 1. The molecule has 1 unspecified atom stereocenters. The highest BCUT2D eigenvalue weighted by Crippen LogP contribution is 2.18. The van der Waals surface area contributed by atoms with Crippen LogP contribution in [0.3, 0.4) is 0 Å². The van der Waals surface area contributed by atoms with E-state index in [0.29, 0.717) is 12.5 Å². The van der Waals surface area contributed by atoms with Crippen molar-refractivity contribution >= 4 is 0 Å². The number of likely N-dealkylation sites (N-methyl/N-ethyl adjacent to an activating group) is 1. The smallest absolute Gasteiger partial charge is 0.118 e. The number of rotatable bonds is 7. The summed E-state index contributed by atoms with van der Waals surface area (Å²) in [5, 5.41) is 10.1. The van der Waals surface area contributed by atoms with Gasteiger partial charge in [-0.15, -0.1) is 0 Å². The summed E-state index contributed by atoms with van der Waals surface area (Å²) in [6.45, 7) is 6.12. The second-order valence-corrected chi connectivity index (χ2v) is 5.23.